The summed E-state index contributed by atoms with van der Waals surface area (Å²) in [5.41, 5.74) is 1.64. The van der Waals surface area contributed by atoms with Crippen molar-refractivity contribution in [2.75, 3.05) is 0 Å². The highest BCUT2D eigenvalue weighted by Crippen LogP contribution is 2.24. The van der Waals surface area contributed by atoms with Crippen LogP contribution >= 0.6 is 11.6 Å². The molecule has 0 heterocycles. The molecule has 0 amide bonds. The number of carbonyl (C=O) groups excluding carboxylic acids is 2. The van der Waals surface area contributed by atoms with E-state index in [1.54, 1.807) is 13.0 Å². The van der Waals surface area contributed by atoms with Crippen LogP contribution in [0.5, 0.6) is 0 Å². The van der Waals surface area contributed by atoms with Gasteiger partial charge in [0.1, 0.15) is 0 Å². The number of aryl methyl sites for hydroxylation is 1. The first-order valence-electron chi connectivity index (χ1n) is 6.87. The van der Waals surface area contributed by atoms with Crippen LogP contribution in [-0.2, 0) is 11.2 Å². The van der Waals surface area contributed by atoms with E-state index < -0.39 is 4.92 Å². The molecular formula is C15H18ClNO4. The topological polar surface area (TPSA) is 77.3 Å². The third-order valence-electron chi connectivity index (χ3n) is 3.49. The summed E-state index contributed by atoms with van der Waals surface area (Å²) >= 11 is 5.25. The van der Waals surface area contributed by atoms with Crippen molar-refractivity contribution in [3.63, 3.8) is 0 Å². The van der Waals surface area contributed by atoms with Gasteiger partial charge in [0, 0.05) is 12.5 Å². The van der Waals surface area contributed by atoms with Gasteiger partial charge in [-0.05, 0) is 48.9 Å². The number of nitro groups is 1. The number of nitrogens with zero attached hydrogens (tertiary/aromatic N) is 1. The summed E-state index contributed by atoms with van der Waals surface area (Å²) in [4.78, 5) is 31.9. The maximum absolute atomic E-state index is 11.0. The highest BCUT2D eigenvalue weighted by Gasteiger charge is 2.17. The molecular weight excluding hydrogens is 294 g/mol. The van der Waals surface area contributed by atoms with E-state index in [1.807, 2.05) is 0 Å². The molecule has 0 radical (unpaired) electrons. The number of benzene rings is 1. The summed E-state index contributed by atoms with van der Waals surface area (Å²) in [6.45, 7) is 1.73. The van der Waals surface area contributed by atoms with Gasteiger partial charge in [0.2, 0.25) is 5.24 Å². The Hall–Kier alpha value is -1.75. The van der Waals surface area contributed by atoms with E-state index in [2.05, 4.69) is 0 Å². The quantitative estimate of drug-likeness (QED) is 0.227. The number of carbonyl (C=O) groups is 2. The number of hydrogen-bond donors (Lipinski definition) is 0. The molecule has 1 aromatic carbocycles. The van der Waals surface area contributed by atoms with Crippen LogP contribution in [0.3, 0.4) is 0 Å². The molecule has 0 unspecified atom stereocenters. The minimum atomic E-state index is -0.538. The average Bonchev–Trinajstić information content (AvgIpc) is 2.43. The molecule has 0 N–H and O–H groups in total. The Morgan fingerprint density at radius 1 is 1.29 bits per heavy atom. The van der Waals surface area contributed by atoms with Gasteiger partial charge in [0.25, 0.3) is 5.69 Å². The van der Waals surface area contributed by atoms with Crippen LogP contribution in [-0.4, -0.2) is 16.5 Å². The highest BCUT2D eigenvalue weighted by atomic mass is 35.5. The van der Waals surface area contributed by atoms with Crippen LogP contribution in [0.15, 0.2) is 12.1 Å². The molecule has 0 atom stereocenters. The fourth-order valence-corrected chi connectivity index (χ4v) is 2.40. The summed E-state index contributed by atoms with van der Waals surface area (Å²) < 4.78 is 0. The Balaban J connectivity index is 2.58. The molecule has 114 valence electrons. The van der Waals surface area contributed by atoms with Gasteiger partial charge in [-0.3, -0.25) is 19.7 Å². The normalized spacial score (nSPS) is 10.4. The number of aldehydes is 1. The highest BCUT2D eigenvalue weighted by molar-refractivity contribution is 6.63. The lowest BCUT2D eigenvalue weighted by Crippen LogP contribution is -2.01. The fourth-order valence-electron chi connectivity index (χ4n) is 2.27. The van der Waals surface area contributed by atoms with Gasteiger partial charge in [-0.2, -0.15) is 0 Å². The summed E-state index contributed by atoms with van der Waals surface area (Å²) in [6, 6.07) is 3.10. The van der Waals surface area contributed by atoms with Gasteiger partial charge in [-0.15, -0.1) is 0 Å². The lowest BCUT2D eigenvalue weighted by molar-refractivity contribution is -0.385. The number of rotatable bonds is 9. The summed E-state index contributed by atoms with van der Waals surface area (Å²) in [7, 11) is 0. The Bertz CT molecular complexity index is 543. The molecule has 0 aliphatic rings. The van der Waals surface area contributed by atoms with E-state index in [0.29, 0.717) is 18.3 Å². The lowest BCUT2D eigenvalue weighted by atomic mass is 9.96. The Kier molecular flexibility index (Phi) is 7.02. The Labute approximate surface area is 128 Å². The van der Waals surface area contributed by atoms with Crippen molar-refractivity contribution in [1.82, 2.24) is 0 Å². The molecule has 1 rings (SSSR count). The number of unbranched alkanes of at least 4 members (excludes halogenated alkanes) is 3. The first-order valence-corrected chi connectivity index (χ1v) is 7.25. The largest absolute Gasteiger partial charge is 0.298 e. The predicted octanol–water partition coefficient (Wildman–Crippen LogP) is 3.97. The number of nitro benzene ring substituents is 1. The average molecular weight is 312 g/mol. The molecule has 6 heteroatoms. The van der Waals surface area contributed by atoms with E-state index in [9.17, 15) is 19.7 Å². The zero-order valence-corrected chi connectivity index (χ0v) is 12.7. The summed E-state index contributed by atoms with van der Waals surface area (Å²) in [6.07, 6.45) is 5.27. The van der Waals surface area contributed by atoms with Crippen molar-refractivity contribution in [3.8, 4) is 0 Å². The molecule has 0 spiro atoms. The second kappa shape index (κ2) is 8.52. The van der Waals surface area contributed by atoms with Crippen LogP contribution in [0.1, 0.15) is 53.6 Å². The van der Waals surface area contributed by atoms with Gasteiger partial charge < -0.3 is 0 Å². The second-order valence-corrected chi connectivity index (χ2v) is 5.35. The predicted molar refractivity (Wildman–Crippen MR) is 80.9 cm³/mol. The van der Waals surface area contributed by atoms with Crippen LogP contribution in [0.25, 0.3) is 0 Å². The first kappa shape index (κ1) is 17.3. The number of hydrogen-bond acceptors (Lipinski definition) is 4. The Morgan fingerprint density at radius 3 is 2.52 bits per heavy atom. The monoisotopic (exact) mass is 311 g/mol. The van der Waals surface area contributed by atoms with Crippen molar-refractivity contribution in [2.45, 2.75) is 45.4 Å². The maximum Gasteiger partial charge on any atom is 0.280 e. The van der Waals surface area contributed by atoms with E-state index in [0.717, 1.165) is 37.7 Å². The number of halogens is 1. The molecule has 21 heavy (non-hydrogen) atoms. The molecule has 0 saturated heterocycles. The molecule has 0 saturated carbocycles. The maximum atomic E-state index is 11.0. The van der Waals surface area contributed by atoms with Crippen LogP contribution in [0.2, 0.25) is 0 Å². The summed E-state index contributed by atoms with van der Waals surface area (Å²) in [5.74, 6) is 0. The molecule has 0 aliphatic carbocycles. The smallest absolute Gasteiger partial charge is 0.280 e. The standard InChI is InChI=1S/C15H18ClNO4/c1-11-12(6-4-2-3-5-7-15(16)19)8-9-14(17(20)21)13(11)10-18/h8-10H,2-7H2,1H3. The van der Waals surface area contributed by atoms with E-state index in [1.165, 1.54) is 6.07 Å². The van der Waals surface area contributed by atoms with Gasteiger partial charge in [-0.25, -0.2) is 0 Å². The fraction of sp³-hybridized carbons (Fsp3) is 0.467. The second-order valence-electron chi connectivity index (χ2n) is 4.93. The van der Waals surface area contributed by atoms with Crippen molar-refractivity contribution in [1.29, 1.82) is 0 Å². The van der Waals surface area contributed by atoms with Gasteiger partial charge in [0.15, 0.2) is 6.29 Å². The van der Waals surface area contributed by atoms with Crippen molar-refractivity contribution in [3.05, 3.63) is 38.9 Å². The van der Waals surface area contributed by atoms with Crippen LogP contribution in [0, 0.1) is 17.0 Å². The van der Waals surface area contributed by atoms with Crippen molar-refractivity contribution >= 4 is 28.8 Å². The third kappa shape index (κ3) is 5.27. The van der Waals surface area contributed by atoms with E-state index in [-0.39, 0.29) is 16.5 Å². The van der Waals surface area contributed by atoms with E-state index in [4.69, 9.17) is 11.6 Å². The molecule has 5 nitrogen and oxygen atoms in total. The SMILES string of the molecule is Cc1c(CCCCCCC(=O)Cl)ccc([N+](=O)[O-])c1C=O. The molecule has 0 fully saturated rings. The molecule has 1 aromatic rings. The van der Waals surface area contributed by atoms with Crippen LogP contribution in [0.4, 0.5) is 5.69 Å². The van der Waals surface area contributed by atoms with Gasteiger partial charge in [0.05, 0.1) is 10.5 Å². The first-order chi connectivity index (χ1) is 9.97. The zero-order valence-electron chi connectivity index (χ0n) is 11.9. The lowest BCUT2D eigenvalue weighted by Gasteiger charge is -2.08. The molecule has 0 aliphatic heterocycles. The summed E-state index contributed by atoms with van der Waals surface area (Å²) in [5, 5.41) is 10.5. The van der Waals surface area contributed by atoms with Gasteiger partial charge >= 0.3 is 0 Å². The third-order valence-corrected chi connectivity index (χ3v) is 3.68. The van der Waals surface area contributed by atoms with Gasteiger partial charge in [-0.1, -0.05) is 18.9 Å². The van der Waals surface area contributed by atoms with Crippen molar-refractivity contribution in [2.24, 2.45) is 0 Å². The minimum Gasteiger partial charge on any atom is -0.298 e. The Morgan fingerprint density at radius 2 is 1.95 bits per heavy atom. The molecule has 0 aromatic heterocycles. The van der Waals surface area contributed by atoms with Crippen LogP contribution < -0.4 is 0 Å². The molecule has 0 bridgehead atoms. The minimum absolute atomic E-state index is 0.146. The van der Waals surface area contributed by atoms with Crippen molar-refractivity contribution < 1.29 is 14.5 Å². The zero-order chi connectivity index (χ0) is 15.8. The van der Waals surface area contributed by atoms with E-state index >= 15 is 0 Å².